The Morgan fingerprint density at radius 2 is 1.79 bits per heavy atom. The van der Waals surface area contributed by atoms with Crippen LogP contribution in [0.3, 0.4) is 0 Å². The summed E-state index contributed by atoms with van der Waals surface area (Å²) in [5, 5.41) is 13.9. The molecule has 13 nitrogen and oxygen atoms in total. The van der Waals surface area contributed by atoms with Crippen molar-refractivity contribution in [3.05, 3.63) is 41.2 Å². The number of benzene rings is 1. The molecule has 48 heavy (non-hydrogen) atoms. The van der Waals surface area contributed by atoms with E-state index in [9.17, 15) is 14.4 Å². The number of nitrogens with one attached hydrogen (secondary N) is 2. The average molecular weight is 668 g/mol. The second-order valence-electron chi connectivity index (χ2n) is 16.0. The quantitative estimate of drug-likeness (QED) is 0.278. The molecule has 0 spiro atoms. The van der Waals surface area contributed by atoms with Crippen LogP contribution >= 0.6 is 0 Å². The van der Waals surface area contributed by atoms with Crippen molar-refractivity contribution in [1.29, 1.82) is 0 Å². The van der Waals surface area contributed by atoms with Crippen molar-refractivity contribution >= 4 is 25.1 Å². The van der Waals surface area contributed by atoms with Gasteiger partial charge in [-0.05, 0) is 96.6 Å². The van der Waals surface area contributed by atoms with Gasteiger partial charge in [-0.15, -0.1) is 5.10 Å². The van der Waals surface area contributed by atoms with E-state index < -0.39 is 41.9 Å². The lowest BCUT2D eigenvalue weighted by molar-refractivity contribution is -0.199. The Kier molecular flexibility index (Phi) is 9.66. The molecule has 2 heterocycles. The fraction of sp³-hybridized carbons (Fsp3) is 0.676. The molecule has 4 fully saturated rings. The van der Waals surface area contributed by atoms with E-state index in [4.69, 9.17) is 23.5 Å². The summed E-state index contributed by atoms with van der Waals surface area (Å²) < 4.78 is 31.4. The van der Waals surface area contributed by atoms with Crippen molar-refractivity contribution in [2.45, 2.75) is 124 Å². The smallest absolute Gasteiger partial charge is 0.482 e. The standard InChI is InChI=1S/C34H50BN5O8/c1-31(2,3)45-29(42)23-13-11-12-20(28(23)44-10)14-26(35-47-25-16-21-15-24(33(21,7)8)34(25,9)48-35)37-27(41)19-40-18-22(38-39-40)17-36-30(43)46-32(4,5)6/h11-13,18,21,24-26H,14-17,19H2,1-10H3,(H,36,43)(H,37,41)/t21-,24-,25+,26?,34-/m0/s1. The fourth-order valence-electron chi connectivity index (χ4n) is 7.38. The van der Waals surface area contributed by atoms with Crippen molar-refractivity contribution < 1.29 is 37.9 Å². The largest absolute Gasteiger partial charge is 0.496 e. The zero-order valence-electron chi connectivity index (χ0n) is 29.8. The lowest BCUT2D eigenvalue weighted by Gasteiger charge is -2.64. The fourth-order valence-corrected chi connectivity index (χ4v) is 7.38. The highest BCUT2D eigenvalue weighted by molar-refractivity contribution is 6.48. The third-order valence-corrected chi connectivity index (χ3v) is 9.71. The van der Waals surface area contributed by atoms with E-state index in [1.807, 2.05) is 26.8 Å². The maximum absolute atomic E-state index is 13.6. The SMILES string of the molecule is COc1c(CC(NC(=O)Cn2cc(CNC(=O)OC(C)(C)C)nn2)B2O[C@@H]3C[C@@H]4C[C@@H](C4(C)C)[C@]3(C)O2)cccc1C(=O)OC(C)(C)C. The van der Waals surface area contributed by atoms with E-state index in [-0.39, 0.29) is 36.9 Å². The summed E-state index contributed by atoms with van der Waals surface area (Å²) >= 11 is 0. The van der Waals surface area contributed by atoms with E-state index in [0.717, 1.165) is 12.8 Å². The van der Waals surface area contributed by atoms with Gasteiger partial charge in [0.15, 0.2) is 0 Å². The van der Waals surface area contributed by atoms with Gasteiger partial charge in [-0.1, -0.05) is 31.2 Å². The number of hydrogen-bond acceptors (Lipinski definition) is 10. The van der Waals surface area contributed by atoms with Crippen LogP contribution in [0, 0.1) is 17.3 Å². The molecule has 1 aliphatic heterocycles. The Labute approximate surface area is 283 Å². The first kappa shape index (κ1) is 35.7. The number of alkyl carbamates (subject to hydrolysis) is 1. The molecule has 1 aromatic heterocycles. The van der Waals surface area contributed by atoms with Crippen LogP contribution in [0.15, 0.2) is 24.4 Å². The summed E-state index contributed by atoms with van der Waals surface area (Å²) in [5.74, 6) is -0.195. The molecular formula is C34H50BN5O8. The van der Waals surface area contributed by atoms with Crippen LogP contribution in [-0.2, 0) is 43.1 Å². The highest BCUT2D eigenvalue weighted by Gasteiger charge is 2.68. The number of esters is 1. The van der Waals surface area contributed by atoms with E-state index in [1.165, 1.54) is 11.8 Å². The molecule has 14 heteroatoms. The van der Waals surface area contributed by atoms with Crippen LogP contribution in [-0.4, -0.2) is 76.0 Å². The van der Waals surface area contributed by atoms with Crippen LogP contribution in [0.4, 0.5) is 4.79 Å². The molecule has 3 saturated carbocycles. The van der Waals surface area contributed by atoms with Crippen molar-refractivity contribution in [2.75, 3.05) is 7.11 Å². The third-order valence-electron chi connectivity index (χ3n) is 9.71. The Bertz CT molecular complexity index is 1530. The van der Waals surface area contributed by atoms with E-state index in [2.05, 4.69) is 41.7 Å². The molecule has 1 aromatic carbocycles. The molecule has 262 valence electrons. The number of carbonyl (C=O) groups is 3. The maximum Gasteiger partial charge on any atom is 0.482 e. The van der Waals surface area contributed by atoms with Gasteiger partial charge in [0.25, 0.3) is 0 Å². The van der Waals surface area contributed by atoms with Crippen LogP contribution in [0.2, 0.25) is 0 Å². The molecule has 6 rings (SSSR count). The second-order valence-corrected chi connectivity index (χ2v) is 16.0. The van der Waals surface area contributed by atoms with E-state index in [1.54, 1.807) is 39.1 Å². The Morgan fingerprint density at radius 1 is 1.08 bits per heavy atom. The summed E-state index contributed by atoms with van der Waals surface area (Å²) in [4.78, 5) is 38.7. The number of para-hydroxylation sites is 1. The minimum atomic E-state index is -0.738. The van der Waals surface area contributed by atoms with Crippen molar-refractivity contribution in [1.82, 2.24) is 25.6 Å². The molecule has 0 radical (unpaired) electrons. The van der Waals surface area contributed by atoms with Crippen molar-refractivity contribution in [3.8, 4) is 5.75 Å². The number of aromatic nitrogens is 3. The summed E-state index contributed by atoms with van der Waals surface area (Å²) in [6, 6.07) is 5.29. The first-order valence-electron chi connectivity index (χ1n) is 16.7. The topological polar surface area (TPSA) is 152 Å². The molecule has 3 aliphatic carbocycles. The number of rotatable bonds is 10. The molecule has 2 amide bonds. The number of methoxy groups -OCH3 is 1. The normalized spacial score (nSPS) is 25.0. The number of carbonyl (C=O) groups excluding carboxylic acids is 3. The minimum Gasteiger partial charge on any atom is -0.496 e. The molecule has 2 bridgehead atoms. The summed E-state index contributed by atoms with van der Waals surface area (Å²) in [7, 11) is 0.770. The molecule has 4 aliphatic rings. The summed E-state index contributed by atoms with van der Waals surface area (Å²) in [5.41, 5.74) is -0.202. The third kappa shape index (κ3) is 7.64. The Balaban J connectivity index is 1.34. The van der Waals surface area contributed by atoms with Crippen LogP contribution in [0.1, 0.15) is 96.8 Å². The molecule has 2 N–H and O–H groups in total. The van der Waals surface area contributed by atoms with Gasteiger partial charge in [-0.3, -0.25) is 4.79 Å². The molecule has 1 unspecified atom stereocenters. The van der Waals surface area contributed by atoms with Crippen molar-refractivity contribution in [3.63, 3.8) is 0 Å². The van der Waals surface area contributed by atoms with Crippen molar-refractivity contribution in [2.24, 2.45) is 17.3 Å². The number of nitrogens with zero attached hydrogens (tertiary/aromatic N) is 3. The highest BCUT2D eigenvalue weighted by Crippen LogP contribution is 2.65. The first-order chi connectivity index (χ1) is 22.3. The Morgan fingerprint density at radius 3 is 2.44 bits per heavy atom. The van der Waals surface area contributed by atoms with Gasteiger partial charge < -0.3 is 34.2 Å². The molecule has 5 atom stereocenters. The predicted molar refractivity (Wildman–Crippen MR) is 177 cm³/mol. The van der Waals surface area contributed by atoms with Gasteiger partial charge >= 0.3 is 19.2 Å². The number of hydrogen-bond donors (Lipinski definition) is 2. The van der Waals surface area contributed by atoms with E-state index >= 15 is 0 Å². The van der Waals surface area contributed by atoms with E-state index in [0.29, 0.717) is 34.4 Å². The lowest BCUT2D eigenvalue weighted by Crippen LogP contribution is -2.65. The number of amides is 2. The highest BCUT2D eigenvalue weighted by atomic mass is 16.7. The summed E-state index contributed by atoms with van der Waals surface area (Å²) in [6.45, 7) is 17.5. The van der Waals surface area contributed by atoms with Gasteiger partial charge in [0.2, 0.25) is 5.91 Å². The first-order valence-corrected chi connectivity index (χ1v) is 16.7. The maximum atomic E-state index is 13.6. The molecule has 2 aromatic rings. The van der Waals surface area contributed by atoms with Gasteiger partial charge in [0, 0.05) is 0 Å². The van der Waals surface area contributed by atoms with Gasteiger partial charge in [0.1, 0.15) is 34.8 Å². The average Bonchev–Trinajstić information content (AvgIpc) is 3.56. The van der Waals surface area contributed by atoms with Crippen LogP contribution in [0.25, 0.3) is 0 Å². The van der Waals surface area contributed by atoms with Gasteiger partial charge in [-0.2, -0.15) is 0 Å². The predicted octanol–water partition coefficient (Wildman–Crippen LogP) is 4.26. The second kappa shape index (κ2) is 13.0. The lowest BCUT2D eigenvalue weighted by atomic mass is 9.43. The summed E-state index contributed by atoms with van der Waals surface area (Å²) in [6.07, 6.45) is 3.18. The molecule has 1 saturated heterocycles. The van der Waals surface area contributed by atoms with Gasteiger partial charge in [0.05, 0.1) is 37.5 Å². The zero-order valence-corrected chi connectivity index (χ0v) is 29.8. The Hall–Kier alpha value is -3.65. The van der Waals surface area contributed by atoms with Crippen LogP contribution in [0.5, 0.6) is 5.75 Å². The monoisotopic (exact) mass is 667 g/mol. The number of ether oxygens (including phenoxy) is 3. The van der Waals surface area contributed by atoms with Crippen LogP contribution < -0.4 is 15.4 Å². The minimum absolute atomic E-state index is 0.0924. The van der Waals surface area contributed by atoms with Gasteiger partial charge in [-0.25, -0.2) is 14.3 Å². The molecular weight excluding hydrogens is 617 g/mol. The zero-order chi connectivity index (χ0) is 35.2.